The number of allylic oxidation sites excluding steroid dienone is 6. The van der Waals surface area contributed by atoms with Crippen LogP contribution in [0.4, 0.5) is 0 Å². The molecule has 0 fully saturated rings. The Morgan fingerprint density at radius 1 is 0.154 bits per heavy atom. The van der Waals surface area contributed by atoms with E-state index in [-0.39, 0.29) is 0 Å². The Labute approximate surface area is 658 Å². The van der Waals surface area contributed by atoms with Crippen molar-refractivity contribution in [1.82, 2.24) is 0 Å². The van der Waals surface area contributed by atoms with Crippen LogP contribution in [0.25, 0.3) is 0 Å². The van der Waals surface area contributed by atoms with Crippen molar-refractivity contribution in [3.05, 3.63) is 33.4 Å². The summed E-state index contributed by atoms with van der Waals surface area (Å²) in [7, 11) is -17.6. The molecule has 0 amide bonds. The fourth-order valence-electron chi connectivity index (χ4n) is 19.4. The molecule has 0 aliphatic carbocycles. The molecule has 0 radical (unpaired) electrons. The third-order valence-corrected chi connectivity index (χ3v) is 73.4. The van der Waals surface area contributed by atoms with Crippen LogP contribution in [-0.2, 0) is 0 Å². The van der Waals surface area contributed by atoms with Crippen LogP contribution in [0.2, 0.25) is 136 Å². The van der Waals surface area contributed by atoms with Crippen LogP contribution in [0.5, 0.6) is 0 Å². The summed E-state index contributed by atoms with van der Waals surface area (Å²) in [5.74, 6) is 59.5. The second-order valence-corrected chi connectivity index (χ2v) is 79.7. The average Bonchev–Trinajstić information content (AvgIpc) is 0.818. The first-order valence-electron chi connectivity index (χ1n) is 41.6. The topological polar surface area (TPSA) is 0 Å². The lowest BCUT2D eigenvalue weighted by Crippen LogP contribution is -2.43. The molecular weight excluding hydrogens is 1380 g/mol. The summed E-state index contributed by atoms with van der Waals surface area (Å²) >= 11 is 0. The van der Waals surface area contributed by atoms with Crippen LogP contribution in [0.3, 0.4) is 0 Å². The summed E-state index contributed by atoms with van der Waals surface area (Å²) in [6.45, 7) is 99.9. The Morgan fingerprint density at radius 2 is 0.250 bits per heavy atom. The Bertz CT molecular complexity index is 3250. The molecule has 572 valence electrons. The molecule has 0 aliphatic rings. The van der Waals surface area contributed by atoms with Crippen molar-refractivity contribution in [2.45, 2.75) is 427 Å². The van der Waals surface area contributed by atoms with Crippen molar-refractivity contribution < 1.29 is 0 Å². The fourth-order valence-corrected chi connectivity index (χ4v) is 55.4. The number of hydrogen-bond donors (Lipinski definition) is 0. The lowest BCUT2D eigenvalue weighted by molar-refractivity contribution is 0.838. The SMILES string of the molecule is CC[Si](C#CC(C#CC#CC(C#CC#CC(C#C[Si](CC)(CC)CC)=C(C#C[Si](C(C)C)(C(C)C)C(C)C)C#C[Si](C(C)C)(C(C)C)C(C)C)=C(C#C[Si](C(C)C)(C(C)C)C(C)C)C#C[Si](C(C)C)(C(C)C)C(C)C)=C(C#C[Si](C(C)C)(C(C)C)C(C)C)C#C[Si](C(C)C)(C(C)C)C(C)C)(CC)CC. The van der Waals surface area contributed by atoms with Crippen LogP contribution < -0.4 is 0 Å². The summed E-state index contributed by atoms with van der Waals surface area (Å²) in [4.78, 5) is 0. The zero-order valence-corrected chi connectivity index (χ0v) is 83.6. The van der Waals surface area contributed by atoms with Gasteiger partial charge in [-0.2, -0.15) is 0 Å². The molecule has 104 heavy (non-hydrogen) atoms. The molecule has 0 saturated carbocycles. The molecule has 8 heteroatoms. The van der Waals surface area contributed by atoms with Crippen molar-refractivity contribution in [3.8, 4) is 139 Å². The van der Waals surface area contributed by atoms with Gasteiger partial charge in [0.05, 0.1) is 27.9 Å². The summed E-state index contributed by atoms with van der Waals surface area (Å²) in [5, 5.41) is 0. The number of hydrogen-bond acceptors (Lipinski definition) is 0. The maximum absolute atomic E-state index is 4.12. The largest absolute Gasteiger partial charge is 0.146 e. The normalized spacial score (nSPS) is 12.2. The molecule has 0 rings (SSSR count). The van der Waals surface area contributed by atoms with Crippen LogP contribution in [0.15, 0.2) is 33.4 Å². The highest BCUT2D eigenvalue weighted by molar-refractivity contribution is 6.93. The van der Waals surface area contributed by atoms with E-state index in [0.717, 1.165) is 47.4 Å². The van der Waals surface area contributed by atoms with Crippen LogP contribution in [0, 0.1) is 139 Å². The predicted octanol–water partition coefficient (Wildman–Crippen LogP) is 28.3. The van der Waals surface area contributed by atoms with Gasteiger partial charge in [0, 0.05) is 0 Å². The highest BCUT2D eigenvalue weighted by Crippen LogP contribution is 2.46. The van der Waals surface area contributed by atoms with E-state index in [1.165, 1.54) is 0 Å². The van der Waals surface area contributed by atoms with Gasteiger partial charge < -0.3 is 0 Å². The van der Waals surface area contributed by atoms with Crippen molar-refractivity contribution >= 4 is 64.6 Å². The van der Waals surface area contributed by atoms with Gasteiger partial charge in [0.25, 0.3) is 0 Å². The van der Waals surface area contributed by atoms with E-state index in [1.54, 1.807) is 0 Å². The van der Waals surface area contributed by atoms with Crippen LogP contribution in [-0.4, -0.2) is 64.6 Å². The summed E-state index contributed by atoms with van der Waals surface area (Å²) < 4.78 is 0. The minimum Gasteiger partial charge on any atom is -0.125 e. The quantitative estimate of drug-likeness (QED) is 0.0667. The van der Waals surface area contributed by atoms with Crippen molar-refractivity contribution in [1.29, 1.82) is 0 Å². The van der Waals surface area contributed by atoms with Gasteiger partial charge in [0.15, 0.2) is 0 Å². The molecule has 0 heterocycles. The highest BCUT2D eigenvalue weighted by Gasteiger charge is 2.47. The molecule has 0 N–H and O–H groups in total. The van der Waals surface area contributed by atoms with Gasteiger partial charge in [-0.25, -0.2) is 0 Å². The molecule has 0 atom stereocenters. The number of rotatable bonds is 24. The van der Waals surface area contributed by atoms with E-state index in [2.05, 4.69) is 430 Å². The maximum atomic E-state index is 4.12. The lowest BCUT2D eigenvalue weighted by Gasteiger charge is -2.38. The monoisotopic (exact) mass is 1530 g/mol. The first-order valence-corrected chi connectivity index (χ1v) is 60.2. The van der Waals surface area contributed by atoms with Gasteiger partial charge in [-0.1, -0.05) is 338 Å². The second kappa shape index (κ2) is 44.4. The van der Waals surface area contributed by atoms with Crippen molar-refractivity contribution in [3.63, 3.8) is 0 Å². The van der Waals surface area contributed by atoms with Crippen molar-refractivity contribution in [2.75, 3.05) is 0 Å². The molecule has 0 spiro atoms. The zero-order valence-electron chi connectivity index (χ0n) is 75.6. The molecule has 0 nitrogen and oxygen atoms in total. The molecule has 0 aromatic heterocycles. The van der Waals surface area contributed by atoms with Gasteiger partial charge in [0.1, 0.15) is 70.2 Å². The lowest BCUT2D eigenvalue weighted by atomic mass is 10.1. The molecule has 0 saturated heterocycles. The predicted molar refractivity (Wildman–Crippen MR) is 495 cm³/mol. The van der Waals surface area contributed by atoms with Gasteiger partial charge in [0.2, 0.25) is 0 Å². The molecule has 0 aromatic carbocycles. The van der Waals surface area contributed by atoms with Crippen molar-refractivity contribution in [2.24, 2.45) is 0 Å². The fraction of sp³-hybridized carbons (Fsp3) is 0.688. The molecule has 0 aliphatic heterocycles. The van der Waals surface area contributed by atoms with Gasteiger partial charge in [-0.05, 0) is 183 Å². The molecular formula is C96H156Si8. The van der Waals surface area contributed by atoms with E-state index in [1.807, 2.05) is 0 Å². The zero-order chi connectivity index (χ0) is 81.1. The van der Waals surface area contributed by atoms with Gasteiger partial charge in [-0.15, -0.1) is 44.3 Å². The summed E-state index contributed by atoms with van der Waals surface area (Å²) in [6.07, 6.45) is 0. The Morgan fingerprint density at radius 3 is 0.356 bits per heavy atom. The van der Waals surface area contributed by atoms with E-state index in [0.29, 0.717) is 122 Å². The first kappa shape index (κ1) is 99.7. The maximum Gasteiger partial charge on any atom is 0.146 e. The summed E-state index contributed by atoms with van der Waals surface area (Å²) in [5.41, 5.74) is 44.4. The van der Waals surface area contributed by atoms with Crippen LogP contribution >= 0.6 is 0 Å². The van der Waals surface area contributed by atoms with E-state index >= 15 is 0 Å². The first-order chi connectivity index (χ1) is 48.1. The summed E-state index contributed by atoms with van der Waals surface area (Å²) in [6, 6.07) is 6.39. The molecule has 0 unspecified atom stereocenters. The average molecular weight is 1530 g/mol. The molecule has 0 aromatic rings. The van der Waals surface area contributed by atoms with Crippen LogP contribution in [0.1, 0.15) is 291 Å². The highest BCUT2D eigenvalue weighted by atomic mass is 28.3. The Hall–Kier alpha value is -4.32. The third kappa shape index (κ3) is 23.8. The second-order valence-electron chi connectivity index (χ2n) is 36.3. The minimum absolute atomic E-state index is 0.396. The van der Waals surface area contributed by atoms with E-state index in [9.17, 15) is 0 Å². The smallest absolute Gasteiger partial charge is 0.125 e. The Kier molecular flexibility index (Phi) is 42.5. The van der Waals surface area contributed by atoms with E-state index < -0.39 is 64.6 Å². The minimum atomic E-state index is -2.33. The van der Waals surface area contributed by atoms with E-state index in [4.69, 9.17) is 0 Å². The third-order valence-electron chi connectivity index (χ3n) is 26.2. The van der Waals surface area contributed by atoms with Gasteiger partial charge in [-0.3, -0.25) is 0 Å². The Balaban J connectivity index is 11.8. The van der Waals surface area contributed by atoms with Gasteiger partial charge >= 0.3 is 0 Å². The standard InChI is InChI=1S/C96H156Si8/c1-43-97(44-2,45-3)65-57-92(95(61-69-101(79(19)20,80(21)22)81(23)24)62-70-102(82(25)26,83(27)28)84(29)30)55-51-49-53-91(94(59-67-99(73(7)8,74(9)10)75(11)12)60-68-100(76(13)14,77(15)16)78(17)18)54-50-52-56-93(58-66-98(46-4,47-5)48-6)96(63-71-103(85(31)32,86(33)34)87(35)36)64-72-104(88(37)38,89(39)40)90(41)42/h73-90H,43-48H2,1-42H3. The molecule has 0 bridgehead atoms.